The predicted molar refractivity (Wildman–Crippen MR) is 62.6 cm³/mol. The van der Waals surface area contributed by atoms with Crippen molar-refractivity contribution in [3.05, 3.63) is 29.8 Å². The maximum absolute atomic E-state index is 13.2. The Morgan fingerprint density at radius 2 is 2.00 bits per heavy atom. The van der Waals surface area contributed by atoms with Crippen molar-refractivity contribution >= 4 is 24.2 Å². The van der Waals surface area contributed by atoms with Crippen molar-refractivity contribution in [2.24, 2.45) is 5.92 Å². The van der Waals surface area contributed by atoms with E-state index in [1.54, 1.807) is 0 Å². The van der Waals surface area contributed by atoms with Crippen molar-refractivity contribution in [1.29, 1.82) is 0 Å². The Balaban J connectivity index is 2.80. The van der Waals surface area contributed by atoms with Crippen molar-refractivity contribution in [2.45, 2.75) is 19.1 Å². The van der Waals surface area contributed by atoms with Gasteiger partial charge in [0.05, 0.1) is 10.9 Å². The van der Waals surface area contributed by atoms with Crippen LogP contribution in [-0.4, -0.2) is 11.2 Å². The summed E-state index contributed by atoms with van der Waals surface area (Å²) in [5.74, 6) is -1.70. The minimum atomic E-state index is -0.668. The number of nitrogens with one attached hydrogen (secondary N) is 1. The Labute approximate surface area is 98.5 Å². The van der Waals surface area contributed by atoms with Gasteiger partial charge in [0.2, 0.25) is 5.91 Å². The van der Waals surface area contributed by atoms with Crippen LogP contribution in [0.4, 0.5) is 14.5 Å². The summed E-state index contributed by atoms with van der Waals surface area (Å²) in [6.07, 6.45) is 0. The zero-order valence-electron chi connectivity index (χ0n) is 9.00. The Kier molecular flexibility index (Phi) is 4.29. The van der Waals surface area contributed by atoms with Gasteiger partial charge in [0.25, 0.3) is 0 Å². The number of thiol groups is 1. The zero-order chi connectivity index (χ0) is 12.3. The molecule has 1 rings (SSSR count). The lowest BCUT2D eigenvalue weighted by atomic mass is 10.1. The summed E-state index contributed by atoms with van der Waals surface area (Å²) in [5, 5.41) is 1.75. The van der Waals surface area contributed by atoms with Crippen molar-refractivity contribution in [2.75, 3.05) is 5.32 Å². The second-order valence-electron chi connectivity index (χ2n) is 3.80. The maximum Gasteiger partial charge on any atom is 0.237 e. The first-order valence-electron chi connectivity index (χ1n) is 4.86. The monoisotopic (exact) mass is 245 g/mol. The zero-order valence-corrected chi connectivity index (χ0v) is 9.89. The number of halogens is 2. The Morgan fingerprint density at radius 1 is 1.38 bits per heavy atom. The second-order valence-corrected chi connectivity index (χ2v) is 4.36. The average molecular weight is 245 g/mol. The van der Waals surface area contributed by atoms with Gasteiger partial charge >= 0.3 is 0 Å². The molecule has 1 unspecified atom stereocenters. The molecule has 0 aliphatic carbocycles. The van der Waals surface area contributed by atoms with Gasteiger partial charge in [-0.2, -0.15) is 12.6 Å². The number of hydrogen-bond acceptors (Lipinski definition) is 2. The molecule has 1 aromatic rings. The third-order valence-electron chi connectivity index (χ3n) is 2.09. The SMILES string of the molecule is CC(C)C(S)C(=O)Nc1cc(F)ccc1F. The Bertz CT molecular complexity index is 396. The number of anilines is 1. The van der Waals surface area contributed by atoms with E-state index in [0.717, 1.165) is 18.2 Å². The van der Waals surface area contributed by atoms with Crippen molar-refractivity contribution in [1.82, 2.24) is 0 Å². The van der Waals surface area contributed by atoms with Crippen LogP contribution in [0.5, 0.6) is 0 Å². The van der Waals surface area contributed by atoms with Crippen LogP contribution in [0.25, 0.3) is 0 Å². The van der Waals surface area contributed by atoms with Gasteiger partial charge in [-0.1, -0.05) is 13.8 Å². The van der Waals surface area contributed by atoms with Crippen molar-refractivity contribution in [3.63, 3.8) is 0 Å². The molecule has 16 heavy (non-hydrogen) atoms. The maximum atomic E-state index is 13.2. The number of benzene rings is 1. The molecule has 0 bridgehead atoms. The summed E-state index contributed by atoms with van der Waals surface area (Å²) in [6.45, 7) is 3.64. The van der Waals surface area contributed by atoms with Crippen LogP contribution in [0.1, 0.15) is 13.8 Å². The predicted octanol–water partition coefficient (Wildman–Crippen LogP) is 2.86. The molecule has 0 radical (unpaired) electrons. The summed E-state index contributed by atoms with van der Waals surface area (Å²) in [6, 6.07) is 2.90. The minimum Gasteiger partial charge on any atom is -0.323 e. The minimum absolute atomic E-state index is 0.0138. The summed E-state index contributed by atoms with van der Waals surface area (Å²) in [7, 11) is 0. The number of carbonyl (C=O) groups is 1. The van der Waals surface area contributed by atoms with E-state index in [4.69, 9.17) is 0 Å². The molecule has 0 heterocycles. The van der Waals surface area contributed by atoms with E-state index >= 15 is 0 Å². The molecule has 0 aliphatic heterocycles. The quantitative estimate of drug-likeness (QED) is 0.788. The molecule has 1 atom stereocenters. The van der Waals surface area contributed by atoms with Crippen LogP contribution in [0.3, 0.4) is 0 Å². The van der Waals surface area contributed by atoms with E-state index in [2.05, 4.69) is 17.9 Å². The first kappa shape index (κ1) is 13.0. The molecule has 0 spiro atoms. The molecular weight excluding hydrogens is 232 g/mol. The van der Waals surface area contributed by atoms with Gasteiger partial charge in [0.15, 0.2) is 0 Å². The normalized spacial score (nSPS) is 12.6. The average Bonchev–Trinajstić information content (AvgIpc) is 2.22. The molecule has 88 valence electrons. The molecule has 2 nitrogen and oxygen atoms in total. The lowest BCUT2D eigenvalue weighted by molar-refractivity contribution is -0.116. The van der Waals surface area contributed by atoms with Crippen LogP contribution >= 0.6 is 12.6 Å². The van der Waals surface area contributed by atoms with Gasteiger partial charge in [0, 0.05) is 6.07 Å². The highest BCUT2D eigenvalue weighted by Crippen LogP contribution is 2.17. The van der Waals surface area contributed by atoms with Crippen LogP contribution in [0.2, 0.25) is 0 Å². The Morgan fingerprint density at radius 3 is 2.56 bits per heavy atom. The highest BCUT2D eigenvalue weighted by atomic mass is 32.1. The van der Waals surface area contributed by atoms with E-state index in [9.17, 15) is 13.6 Å². The summed E-state index contributed by atoms with van der Waals surface area (Å²) >= 11 is 4.08. The lowest BCUT2D eigenvalue weighted by Crippen LogP contribution is -2.28. The molecule has 0 saturated carbocycles. The standard InChI is InChI=1S/C11H13F2NOS/c1-6(2)10(16)11(15)14-9-5-7(12)3-4-8(9)13/h3-6,10,16H,1-2H3,(H,14,15). The van der Waals surface area contributed by atoms with E-state index in [-0.39, 0.29) is 11.6 Å². The molecule has 1 aromatic carbocycles. The van der Waals surface area contributed by atoms with Crippen LogP contribution in [0, 0.1) is 17.6 Å². The van der Waals surface area contributed by atoms with Gasteiger partial charge in [-0.05, 0) is 18.1 Å². The second kappa shape index (κ2) is 5.30. The molecule has 0 aromatic heterocycles. The van der Waals surface area contributed by atoms with Gasteiger partial charge in [0.1, 0.15) is 11.6 Å². The van der Waals surface area contributed by atoms with Crippen LogP contribution in [-0.2, 0) is 4.79 Å². The molecule has 1 N–H and O–H groups in total. The molecular formula is C11H13F2NOS. The van der Waals surface area contributed by atoms with E-state index in [1.165, 1.54) is 0 Å². The topological polar surface area (TPSA) is 29.1 Å². The number of rotatable bonds is 3. The summed E-state index contributed by atoms with van der Waals surface area (Å²) in [5.41, 5.74) is -0.162. The van der Waals surface area contributed by atoms with Crippen molar-refractivity contribution < 1.29 is 13.6 Å². The molecule has 0 fully saturated rings. The van der Waals surface area contributed by atoms with E-state index in [0.29, 0.717) is 0 Å². The highest BCUT2D eigenvalue weighted by molar-refractivity contribution is 7.81. The lowest BCUT2D eigenvalue weighted by Gasteiger charge is -2.14. The summed E-state index contributed by atoms with van der Waals surface area (Å²) in [4.78, 5) is 11.5. The third-order valence-corrected chi connectivity index (χ3v) is 2.92. The van der Waals surface area contributed by atoms with Gasteiger partial charge in [-0.25, -0.2) is 8.78 Å². The fourth-order valence-corrected chi connectivity index (χ4v) is 1.17. The fraction of sp³-hybridized carbons (Fsp3) is 0.364. The van der Waals surface area contributed by atoms with Gasteiger partial charge < -0.3 is 5.32 Å². The van der Waals surface area contributed by atoms with Crippen LogP contribution < -0.4 is 5.32 Å². The molecule has 5 heteroatoms. The van der Waals surface area contributed by atoms with Gasteiger partial charge in [-0.3, -0.25) is 4.79 Å². The molecule has 0 saturated heterocycles. The third kappa shape index (κ3) is 3.20. The molecule has 1 amide bonds. The summed E-state index contributed by atoms with van der Waals surface area (Å²) < 4.78 is 26.0. The largest absolute Gasteiger partial charge is 0.323 e. The fourth-order valence-electron chi connectivity index (χ4n) is 1.10. The van der Waals surface area contributed by atoms with E-state index in [1.807, 2.05) is 13.8 Å². The van der Waals surface area contributed by atoms with Crippen molar-refractivity contribution in [3.8, 4) is 0 Å². The number of amides is 1. The van der Waals surface area contributed by atoms with Crippen LogP contribution in [0.15, 0.2) is 18.2 Å². The number of hydrogen-bond donors (Lipinski definition) is 2. The number of carbonyl (C=O) groups excluding carboxylic acids is 1. The first-order chi connectivity index (χ1) is 7.41. The molecule has 0 aliphatic rings. The first-order valence-corrected chi connectivity index (χ1v) is 5.37. The highest BCUT2D eigenvalue weighted by Gasteiger charge is 2.18. The van der Waals surface area contributed by atoms with Gasteiger partial charge in [-0.15, -0.1) is 0 Å². The Hall–Kier alpha value is -1.10. The smallest absolute Gasteiger partial charge is 0.237 e. The van der Waals surface area contributed by atoms with E-state index < -0.39 is 22.8 Å².